The van der Waals surface area contributed by atoms with E-state index in [4.69, 9.17) is 25.7 Å². The smallest absolute Gasteiger partial charge is 0.194 e. The van der Waals surface area contributed by atoms with Crippen LogP contribution in [0.4, 0.5) is 0 Å². The van der Waals surface area contributed by atoms with Crippen molar-refractivity contribution in [3.05, 3.63) is 46.6 Å². The first-order valence-corrected chi connectivity index (χ1v) is 10.5. The Hall–Kier alpha value is -1.96. The molecule has 7 nitrogen and oxygen atoms in total. The quantitative estimate of drug-likeness (QED) is 0.550. The highest BCUT2D eigenvalue weighted by Gasteiger charge is 2.25. The second-order valence-corrected chi connectivity index (χ2v) is 7.86. The van der Waals surface area contributed by atoms with Gasteiger partial charge in [-0.3, -0.25) is 9.89 Å². The highest BCUT2D eigenvalue weighted by Crippen LogP contribution is 2.24. The zero-order valence-electron chi connectivity index (χ0n) is 17.8. The van der Waals surface area contributed by atoms with Gasteiger partial charge in [0.25, 0.3) is 0 Å². The molecular formula is C21H32ClN5O2. The van der Waals surface area contributed by atoms with Gasteiger partial charge in [0.05, 0.1) is 37.4 Å². The summed E-state index contributed by atoms with van der Waals surface area (Å²) < 4.78 is 13.5. The number of nitrogens with zero attached hydrogens (tertiary/aromatic N) is 4. The molecule has 160 valence electrons. The average molecular weight is 422 g/mol. The van der Waals surface area contributed by atoms with Crippen LogP contribution < -0.4 is 5.32 Å². The molecule has 8 heteroatoms. The number of aromatic nitrogens is 1. The van der Waals surface area contributed by atoms with Gasteiger partial charge in [-0.15, -0.1) is 0 Å². The highest BCUT2D eigenvalue weighted by atomic mass is 35.5. The van der Waals surface area contributed by atoms with E-state index in [9.17, 15) is 0 Å². The van der Waals surface area contributed by atoms with Gasteiger partial charge in [0.2, 0.25) is 0 Å². The first-order chi connectivity index (χ1) is 14.0. The van der Waals surface area contributed by atoms with Crippen LogP contribution in [0.25, 0.3) is 0 Å². The predicted molar refractivity (Wildman–Crippen MR) is 116 cm³/mol. The number of ether oxygens (including phenoxy) is 1. The Morgan fingerprint density at radius 1 is 1.34 bits per heavy atom. The fourth-order valence-corrected chi connectivity index (χ4v) is 3.86. The van der Waals surface area contributed by atoms with Gasteiger partial charge in [-0.25, -0.2) is 0 Å². The van der Waals surface area contributed by atoms with Gasteiger partial charge in [0.15, 0.2) is 5.96 Å². The molecule has 1 saturated heterocycles. The number of nitrogens with one attached hydrogen (secondary N) is 1. The Balaban J connectivity index is 1.76. The minimum Gasteiger partial charge on any atom is -0.465 e. The van der Waals surface area contributed by atoms with Crippen LogP contribution >= 0.6 is 11.6 Å². The molecule has 0 aliphatic carbocycles. The van der Waals surface area contributed by atoms with E-state index in [1.807, 2.05) is 43.9 Å². The zero-order valence-corrected chi connectivity index (χ0v) is 18.6. The summed E-state index contributed by atoms with van der Waals surface area (Å²) >= 11 is 6.14. The highest BCUT2D eigenvalue weighted by molar-refractivity contribution is 6.30. The Labute approximate surface area is 178 Å². The largest absolute Gasteiger partial charge is 0.465 e. The van der Waals surface area contributed by atoms with Crippen molar-refractivity contribution in [3.8, 4) is 0 Å². The molecule has 1 aliphatic rings. The van der Waals surface area contributed by atoms with E-state index < -0.39 is 0 Å². The molecule has 1 N–H and O–H groups in total. The van der Waals surface area contributed by atoms with Crippen LogP contribution in [0.5, 0.6) is 0 Å². The summed E-state index contributed by atoms with van der Waals surface area (Å²) in [7, 11) is 4.05. The SMILES string of the molecule is CCNC(=NCC(c1ccc(C)o1)N1CCOCC1)N(C)Cc1cc(Cl)cn1C. The lowest BCUT2D eigenvalue weighted by Crippen LogP contribution is -2.42. The van der Waals surface area contributed by atoms with Gasteiger partial charge in [0, 0.05) is 45.6 Å². The molecule has 29 heavy (non-hydrogen) atoms. The van der Waals surface area contributed by atoms with Crippen molar-refractivity contribution in [2.24, 2.45) is 12.0 Å². The molecule has 0 amide bonds. The molecule has 2 aromatic rings. The number of halogens is 1. The Morgan fingerprint density at radius 2 is 2.10 bits per heavy atom. The lowest BCUT2D eigenvalue weighted by atomic mass is 10.1. The third-order valence-electron chi connectivity index (χ3n) is 5.16. The van der Waals surface area contributed by atoms with Crippen LogP contribution in [0.15, 0.2) is 33.8 Å². The average Bonchev–Trinajstić information content (AvgIpc) is 3.26. The number of morpholine rings is 1. The van der Waals surface area contributed by atoms with Gasteiger partial charge in [0.1, 0.15) is 11.5 Å². The van der Waals surface area contributed by atoms with E-state index in [-0.39, 0.29) is 6.04 Å². The summed E-state index contributed by atoms with van der Waals surface area (Å²) in [5.74, 6) is 2.75. The fourth-order valence-electron chi connectivity index (χ4n) is 3.59. The van der Waals surface area contributed by atoms with Crippen molar-refractivity contribution in [1.29, 1.82) is 0 Å². The van der Waals surface area contributed by atoms with E-state index in [0.29, 0.717) is 6.54 Å². The number of rotatable bonds is 7. The topological polar surface area (TPSA) is 58.2 Å². The van der Waals surface area contributed by atoms with E-state index in [1.54, 1.807) is 0 Å². The molecule has 0 saturated carbocycles. The molecule has 2 aromatic heterocycles. The molecular weight excluding hydrogens is 390 g/mol. The number of hydrogen-bond acceptors (Lipinski definition) is 4. The van der Waals surface area contributed by atoms with E-state index in [0.717, 1.165) is 67.6 Å². The number of aliphatic imine (C=N–C) groups is 1. The summed E-state index contributed by atoms with van der Waals surface area (Å²) in [6.07, 6.45) is 1.92. The molecule has 1 atom stereocenters. The van der Waals surface area contributed by atoms with Crippen molar-refractivity contribution in [2.45, 2.75) is 26.4 Å². The minimum atomic E-state index is 0.0964. The molecule has 0 spiro atoms. The number of guanidine groups is 1. The number of hydrogen-bond donors (Lipinski definition) is 1. The summed E-state index contributed by atoms with van der Waals surface area (Å²) in [6.45, 7) is 9.46. The first kappa shape index (κ1) is 21.7. The van der Waals surface area contributed by atoms with Gasteiger partial charge in [-0.1, -0.05) is 11.6 Å². The normalized spacial score (nSPS) is 16.8. The molecule has 0 bridgehead atoms. The molecule has 1 fully saturated rings. The van der Waals surface area contributed by atoms with Crippen LogP contribution in [0, 0.1) is 6.92 Å². The third kappa shape index (κ3) is 5.78. The van der Waals surface area contributed by atoms with Crippen molar-refractivity contribution in [1.82, 2.24) is 19.7 Å². The Kier molecular flexibility index (Phi) is 7.64. The standard InChI is InChI=1S/C21H32ClN5O2/c1-5-23-21(26(4)15-18-12-17(22)14-25(18)3)24-13-19(20-7-6-16(2)29-20)27-8-10-28-11-9-27/h6-7,12,14,19H,5,8-11,13,15H2,1-4H3,(H,23,24). The maximum atomic E-state index is 6.14. The molecule has 1 aliphatic heterocycles. The van der Waals surface area contributed by atoms with E-state index in [1.165, 1.54) is 0 Å². The van der Waals surface area contributed by atoms with Crippen LogP contribution in [-0.4, -0.2) is 66.8 Å². The van der Waals surface area contributed by atoms with Crippen LogP contribution in [0.1, 0.15) is 30.2 Å². The minimum absolute atomic E-state index is 0.0964. The maximum absolute atomic E-state index is 6.14. The molecule has 0 radical (unpaired) electrons. The van der Waals surface area contributed by atoms with E-state index >= 15 is 0 Å². The zero-order chi connectivity index (χ0) is 20.8. The summed E-state index contributed by atoms with van der Waals surface area (Å²) in [5.41, 5.74) is 1.13. The monoisotopic (exact) mass is 421 g/mol. The summed E-state index contributed by atoms with van der Waals surface area (Å²) in [6, 6.07) is 6.17. The van der Waals surface area contributed by atoms with Gasteiger partial charge in [-0.2, -0.15) is 0 Å². The van der Waals surface area contributed by atoms with Crippen molar-refractivity contribution in [2.75, 3.05) is 46.4 Å². The third-order valence-corrected chi connectivity index (χ3v) is 5.37. The van der Waals surface area contributed by atoms with Gasteiger partial charge in [-0.05, 0) is 32.0 Å². The van der Waals surface area contributed by atoms with Gasteiger partial charge < -0.3 is 23.9 Å². The van der Waals surface area contributed by atoms with Crippen molar-refractivity contribution in [3.63, 3.8) is 0 Å². The first-order valence-electron chi connectivity index (χ1n) is 10.2. The van der Waals surface area contributed by atoms with Crippen molar-refractivity contribution < 1.29 is 9.15 Å². The maximum Gasteiger partial charge on any atom is 0.194 e. The van der Waals surface area contributed by atoms with Crippen LogP contribution in [-0.2, 0) is 18.3 Å². The van der Waals surface area contributed by atoms with Gasteiger partial charge >= 0.3 is 0 Å². The molecule has 3 heterocycles. The fraction of sp³-hybridized carbons (Fsp3) is 0.571. The molecule has 0 aromatic carbocycles. The Bertz CT molecular complexity index is 810. The number of furan rings is 1. The van der Waals surface area contributed by atoms with Crippen molar-refractivity contribution >= 4 is 17.6 Å². The molecule has 3 rings (SSSR count). The van der Waals surface area contributed by atoms with Crippen LogP contribution in [0.3, 0.4) is 0 Å². The summed E-state index contributed by atoms with van der Waals surface area (Å²) in [4.78, 5) is 9.47. The second kappa shape index (κ2) is 10.2. The van der Waals surface area contributed by atoms with E-state index in [2.05, 4.69) is 28.1 Å². The lowest BCUT2D eigenvalue weighted by Gasteiger charge is -2.33. The predicted octanol–water partition coefficient (Wildman–Crippen LogP) is 3.05. The molecule has 1 unspecified atom stereocenters. The van der Waals surface area contributed by atoms with Crippen LogP contribution in [0.2, 0.25) is 5.02 Å². The summed E-state index contributed by atoms with van der Waals surface area (Å²) in [5, 5.41) is 4.15. The number of aryl methyl sites for hydroxylation is 2. The lowest BCUT2D eigenvalue weighted by molar-refractivity contribution is 0.0135. The Morgan fingerprint density at radius 3 is 2.69 bits per heavy atom. The second-order valence-electron chi connectivity index (χ2n) is 7.42.